The van der Waals surface area contributed by atoms with E-state index in [1.165, 1.54) is 18.4 Å². The summed E-state index contributed by atoms with van der Waals surface area (Å²) in [5, 5.41) is 6.03. The van der Waals surface area contributed by atoms with Gasteiger partial charge in [-0.25, -0.2) is 0 Å². The van der Waals surface area contributed by atoms with Crippen LogP contribution in [0.1, 0.15) is 49.3 Å². The molecule has 1 atom stereocenters. The van der Waals surface area contributed by atoms with E-state index in [4.69, 9.17) is 0 Å². The molecule has 0 bridgehead atoms. The Labute approximate surface area is 113 Å². The van der Waals surface area contributed by atoms with Crippen molar-refractivity contribution in [2.75, 3.05) is 6.54 Å². The van der Waals surface area contributed by atoms with Gasteiger partial charge in [0.1, 0.15) is 6.04 Å². The number of nitrogens with zero attached hydrogens (tertiary/aromatic N) is 1. The third-order valence-corrected chi connectivity index (χ3v) is 3.60. The minimum atomic E-state index is -0.285. The van der Waals surface area contributed by atoms with E-state index >= 15 is 0 Å². The second kappa shape index (κ2) is 5.03. The minimum absolute atomic E-state index is 0.00273. The van der Waals surface area contributed by atoms with Crippen molar-refractivity contribution in [1.82, 2.24) is 10.6 Å². The molecule has 1 aliphatic heterocycles. The van der Waals surface area contributed by atoms with E-state index in [1.807, 2.05) is 12.1 Å². The summed E-state index contributed by atoms with van der Waals surface area (Å²) in [5.74, 6) is 1.26. The van der Waals surface area contributed by atoms with Crippen molar-refractivity contribution in [3.05, 3.63) is 35.4 Å². The molecular formula is C15H19N3O. The van der Waals surface area contributed by atoms with Crippen molar-refractivity contribution in [1.29, 1.82) is 0 Å². The Bertz CT molecular complexity index is 520. The Morgan fingerprint density at radius 3 is 2.68 bits per heavy atom. The average molecular weight is 257 g/mol. The van der Waals surface area contributed by atoms with E-state index in [9.17, 15) is 4.79 Å². The number of benzene rings is 1. The van der Waals surface area contributed by atoms with Crippen LogP contribution in [0.25, 0.3) is 0 Å². The van der Waals surface area contributed by atoms with E-state index in [0.29, 0.717) is 11.9 Å². The molecule has 100 valence electrons. The molecule has 4 heteroatoms. The highest BCUT2D eigenvalue weighted by molar-refractivity contribution is 6.06. The lowest BCUT2D eigenvalue weighted by atomic mass is 9.97. The first-order valence-corrected chi connectivity index (χ1v) is 7.00. The van der Waals surface area contributed by atoms with Crippen LogP contribution in [-0.2, 0) is 4.79 Å². The Balaban J connectivity index is 1.84. The quantitative estimate of drug-likeness (QED) is 0.867. The second-order valence-corrected chi connectivity index (χ2v) is 5.20. The largest absolute Gasteiger partial charge is 0.340 e. The van der Waals surface area contributed by atoms with Gasteiger partial charge in [-0.15, -0.1) is 0 Å². The number of rotatable bonds is 4. The van der Waals surface area contributed by atoms with E-state index in [-0.39, 0.29) is 11.9 Å². The Morgan fingerprint density at radius 1 is 1.26 bits per heavy atom. The third kappa shape index (κ3) is 2.48. The standard InChI is InChI=1S/C15H19N3O/c1-2-9-16-15-17-13(14(19)18-15)12-6-4-3-5-11(12)10-7-8-10/h3-6,10,13H,2,7-9H2,1H3,(H2,16,17,18,19). The van der Waals surface area contributed by atoms with Gasteiger partial charge in [-0.05, 0) is 36.3 Å². The van der Waals surface area contributed by atoms with Crippen LogP contribution in [-0.4, -0.2) is 18.4 Å². The van der Waals surface area contributed by atoms with Gasteiger partial charge in [-0.2, -0.15) is 0 Å². The molecule has 1 amide bonds. The fourth-order valence-electron chi connectivity index (χ4n) is 2.49. The number of nitrogens with one attached hydrogen (secondary N) is 2. The van der Waals surface area contributed by atoms with Gasteiger partial charge < -0.3 is 5.32 Å². The van der Waals surface area contributed by atoms with Crippen LogP contribution < -0.4 is 10.6 Å². The van der Waals surface area contributed by atoms with Gasteiger partial charge >= 0.3 is 0 Å². The summed E-state index contributed by atoms with van der Waals surface area (Å²) in [5.41, 5.74) is 2.41. The van der Waals surface area contributed by atoms with Crippen molar-refractivity contribution in [2.45, 2.75) is 38.1 Å². The van der Waals surface area contributed by atoms with Crippen molar-refractivity contribution in [3.63, 3.8) is 0 Å². The van der Waals surface area contributed by atoms with Crippen molar-refractivity contribution >= 4 is 11.9 Å². The van der Waals surface area contributed by atoms with E-state index in [0.717, 1.165) is 18.5 Å². The van der Waals surface area contributed by atoms with Gasteiger partial charge in [0.15, 0.2) is 5.96 Å². The highest BCUT2D eigenvalue weighted by Gasteiger charge is 2.34. The summed E-state index contributed by atoms with van der Waals surface area (Å²) in [7, 11) is 0. The first kappa shape index (κ1) is 12.2. The Hall–Kier alpha value is -1.84. The molecule has 2 aliphatic rings. The zero-order valence-electron chi connectivity index (χ0n) is 11.1. The highest BCUT2D eigenvalue weighted by atomic mass is 16.2. The summed E-state index contributed by atoms with van der Waals surface area (Å²) in [6, 6.07) is 7.96. The third-order valence-electron chi connectivity index (χ3n) is 3.60. The van der Waals surface area contributed by atoms with Crippen LogP contribution in [0.4, 0.5) is 0 Å². The normalized spacial score (nSPS) is 24.4. The van der Waals surface area contributed by atoms with Crippen molar-refractivity contribution < 1.29 is 4.79 Å². The molecule has 1 aromatic rings. The predicted molar refractivity (Wildman–Crippen MR) is 75.0 cm³/mol. The fraction of sp³-hybridized carbons (Fsp3) is 0.467. The van der Waals surface area contributed by atoms with E-state index in [2.05, 4.69) is 34.7 Å². The number of hydrogen-bond acceptors (Lipinski definition) is 2. The summed E-state index contributed by atoms with van der Waals surface area (Å²) < 4.78 is 0. The molecule has 1 aromatic carbocycles. The van der Waals surface area contributed by atoms with Crippen molar-refractivity contribution in [3.8, 4) is 0 Å². The summed E-state index contributed by atoms with van der Waals surface area (Å²) in [6.45, 7) is 2.81. The highest BCUT2D eigenvalue weighted by Crippen LogP contribution is 2.43. The first-order chi connectivity index (χ1) is 9.29. The molecule has 0 spiro atoms. The van der Waals surface area contributed by atoms with Crippen LogP contribution in [0.5, 0.6) is 0 Å². The van der Waals surface area contributed by atoms with Crippen LogP contribution in [0, 0.1) is 0 Å². The maximum Gasteiger partial charge on any atom is 0.253 e. The van der Waals surface area contributed by atoms with Gasteiger partial charge in [-0.3, -0.25) is 15.1 Å². The average Bonchev–Trinajstić information content (AvgIpc) is 3.20. The molecule has 3 rings (SSSR count). The van der Waals surface area contributed by atoms with Gasteiger partial charge in [0.05, 0.1) is 0 Å². The lowest BCUT2D eigenvalue weighted by Crippen LogP contribution is -2.25. The number of hydrogen-bond donors (Lipinski definition) is 2. The molecule has 0 radical (unpaired) electrons. The summed E-state index contributed by atoms with van der Waals surface area (Å²) in [4.78, 5) is 16.4. The van der Waals surface area contributed by atoms with E-state index in [1.54, 1.807) is 0 Å². The maximum atomic E-state index is 12.1. The minimum Gasteiger partial charge on any atom is -0.340 e. The summed E-state index contributed by atoms with van der Waals surface area (Å²) >= 11 is 0. The molecule has 19 heavy (non-hydrogen) atoms. The fourth-order valence-corrected chi connectivity index (χ4v) is 2.49. The molecule has 2 N–H and O–H groups in total. The zero-order valence-corrected chi connectivity index (χ0v) is 11.1. The number of amides is 1. The number of carbonyl (C=O) groups excluding carboxylic acids is 1. The number of carbonyl (C=O) groups is 1. The van der Waals surface area contributed by atoms with Crippen LogP contribution >= 0.6 is 0 Å². The topological polar surface area (TPSA) is 53.5 Å². The molecular weight excluding hydrogens is 238 g/mol. The smallest absolute Gasteiger partial charge is 0.253 e. The van der Waals surface area contributed by atoms with Crippen LogP contribution in [0.15, 0.2) is 29.3 Å². The Morgan fingerprint density at radius 2 is 2.00 bits per heavy atom. The number of guanidine groups is 1. The molecule has 1 heterocycles. The molecule has 2 fully saturated rings. The second-order valence-electron chi connectivity index (χ2n) is 5.20. The molecule has 1 aliphatic carbocycles. The monoisotopic (exact) mass is 257 g/mol. The lowest BCUT2D eigenvalue weighted by Gasteiger charge is -2.13. The predicted octanol–water partition coefficient (Wildman–Crippen LogP) is 2.09. The number of aliphatic imine (C=N–C) groups is 1. The molecule has 1 saturated heterocycles. The maximum absolute atomic E-state index is 12.1. The zero-order chi connectivity index (χ0) is 13.2. The summed E-state index contributed by atoms with van der Waals surface area (Å²) in [6.07, 6.45) is 3.45. The van der Waals surface area contributed by atoms with Crippen molar-refractivity contribution in [2.24, 2.45) is 4.99 Å². The SMILES string of the molecule is CCCN=C1NC(=O)C(c2ccccc2C2CC2)N1. The van der Waals surface area contributed by atoms with Gasteiger partial charge in [0.2, 0.25) is 0 Å². The van der Waals surface area contributed by atoms with Crippen LogP contribution in [0.2, 0.25) is 0 Å². The molecule has 1 saturated carbocycles. The molecule has 4 nitrogen and oxygen atoms in total. The van der Waals surface area contributed by atoms with Gasteiger partial charge in [-0.1, -0.05) is 31.2 Å². The molecule has 1 unspecified atom stereocenters. The molecule has 0 aromatic heterocycles. The lowest BCUT2D eigenvalue weighted by molar-refractivity contribution is -0.120. The first-order valence-electron chi connectivity index (χ1n) is 7.00. The Kier molecular flexibility index (Phi) is 3.23. The van der Waals surface area contributed by atoms with E-state index < -0.39 is 0 Å². The van der Waals surface area contributed by atoms with Gasteiger partial charge in [0.25, 0.3) is 5.91 Å². The van der Waals surface area contributed by atoms with Gasteiger partial charge in [0, 0.05) is 6.54 Å². The van der Waals surface area contributed by atoms with Crippen LogP contribution in [0.3, 0.4) is 0 Å².